The van der Waals surface area contributed by atoms with Crippen molar-refractivity contribution in [3.8, 4) is 11.5 Å². The number of aryl methyl sites for hydroxylation is 2. The van der Waals surface area contributed by atoms with Crippen molar-refractivity contribution < 1.29 is 9.47 Å². The number of aromatic amines is 1. The van der Waals surface area contributed by atoms with E-state index in [9.17, 15) is 0 Å². The highest BCUT2D eigenvalue weighted by Crippen LogP contribution is 2.33. The average Bonchev–Trinajstić information content (AvgIpc) is 2.96. The van der Waals surface area contributed by atoms with E-state index in [0.29, 0.717) is 6.61 Å². The Balaban J connectivity index is 1.86. The summed E-state index contributed by atoms with van der Waals surface area (Å²) in [5.74, 6) is 1.66. The van der Waals surface area contributed by atoms with Crippen LogP contribution in [0.1, 0.15) is 16.8 Å². The molecule has 0 fully saturated rings. The molecule has 0 amide bonds. The molecule has 0 atom stereocenters. The maximum atomic E-state index is 6.05. The Bertz CT molecular complexity index is 1070. The Kier molecular flexibility index (Phi) is 3.90. The summed E-state index contributed by atoms with van der Waals surface area (Å²) in [5.41, 5.74) is 5.35. The molecule has 0 aliphatic carbocycles. The Hall–Kier alpha value is -2.85. The molecule has 0 aliphatic heterocycles. The molecule has 0 spiro atoms. The maximum absolute atomic E-state index is 6.05. The minimum Gasteiger partial charge on any atom is -0.457 e. The molecule has 0 saturated carbocycles. The summed E-state index contributed by atoms with van der Waals surface area (Å²) in [5, 5.41) is 2.27. The number of methoxy groups -OCH3 is 1. The van der Waals surface area contributed by atoms with Crippen LogP contribution in [0.25, 0.3) is 21.8 Å². The molecule has 0 unspecified atom stereocenters. The second kappa shape index (κ2) is 6.22. The topological polar surface area (TPSA) is 47.1 Å². The van der Waals surface area contributed by atoms with Gasteiger partial charge in [-0.05, 0) is 49.7 Å². The predicted octanol–water partition coefficient (Wildman–Crippen LogP) is 5.27. The predicted molar refractivity (Wildman–Crippen MR) is 100 cm³/mol. The first kappa shape index (κ1) is 15.7. The van der Waals surface area contributed by atoms with Gasteiger partial charge in [-0.15, -0.1) is 0 Å². The molecule has 25 heavy (non-hydrogen) atoms. The van der Waals surface area contributed by atoms with Crippen LogP contribution in [0, 0.1) is 13.8 Å². The van der Waals surface area contributed by atoms with E-state index in [1.54, 1.807) is 7.11 Å². The molecule has 2 aromatic carbocycles. The van der Waals surface area contributed by atoms with Gasteiger partial charge in [0.25, 0.3) is 0 Å². The van der Waals surface area contributed by atoms with Gasteiger partial charge >= 0.3 is 0 Å². The first-order chi connectivity index (χ1) is 12.2. The van der Waals surface area contributed by atoms with Crippen LogP contribution in [-0.4, -0.2) is 17.1 Å². The highest BCUT2D eigenvalue weighted by atomic mass is 16.5. The largest absolute Gasteiger partial charge is 0.457 e. The van der Waals surface area contributed by atoms with Crippen LogP contribution in [0.5, 0.6) is 11.5 Å². The van der Waals surface area contributed by atoms with Crippen molar-refractivity contribution in [3.05, 3.63) is 65.5 Å². The molecule has 1 N–H and O–H groups in total. The zero-order chi connectivity index (χ0) is 17.4. The van der Waals surface area contributed by atoms with E-state index in [2.05, 4.69) is 29.0 Å². The highest BCUT2D eigenvalue weighted by molar-refractivity contribution is 6.09. The van der Waals surface area contributed by atoms with Gasteiger partial charge in [0.1, 0.15) is 11.5 Å². The molecule has 2 heterocycles. The second-order valence-electron chi connectivity index (χ2n) is 6.29. The molecule has 0 saturated heterocycles. The monoisotopic (exact) mass is 332 g/mol. The zero-order valence-corrected chi connectivity index (χ0v) is 14.6. The van der Waals surface area contributed by atoms with Gasteiger partial charge < -0.3 is 14.5 Å². The Morgan fingerprint density at radius 1 is 1.00 bits per heavy atom. The van der Waals surface area contributed by atoms with Crippen molar-refractivity contribution in [2.45, 2.75) is 20.5 Å². The molecular weight excluding hydrogens is 312 g/mol. The van der Waals surface area contributed by atoms with Crippen molar-refractivity contribution >= 4 is 21.8 Å². The molecular formula is C21H20N2O2. The van der Waals surface area contributed by atoms with Crippen molar-refractivity contribution in [1.82, 2.24) is 9.97 Å². The first-order valence-corrected chi connectivity index (χ1v) is 8.29. The fraction of sp³-hybridized carbons (Fsp3) is 0.190. The molecule has 4 aromatic rings. The van der Waals surface area contributed by atoms with Crippen molar-refractivity contribution in [3.63, 3.8) is 0 Å². The lowest BCUT2D eigenvalue weighted by Crippen LogP contribution is -1.95. The Morgan fingerprint density at radius 2 is 1.84 bits per heavy atom. The summed E-state index contributed by atoms with van der Waals surface area (Å²) < 4.78 is 11.4. The lowest BCUT2D eigenvalue weighted by Gasteiger charge is -2.08. The number of ether oxygens (including phenoxy) is 2. The van der Waals surface area contributed by atoms with Crippen molar-refractivity contribution in [2.75, 3.05) is 7.11 Å². The van der Waals surface area contributed by atoms with Crippen LogP contribution < -0.4 is 4.74 Å². The van der Waals surface area contributed by atoms with Crippen LogP contribution in [-0.2, 0) is 11.3 Å². The van der Waals surface area contributed by atoms with Crippen LogP contribution in [0.2, 0.25) is 0 Å². The molecule has 4 heteroatoms. The van der Waals surface area contributed by atoms with E-state index >= 15 is 0 Å². The quantitative estimate of drug-likeness (QED) is 0.553. The highest BCUT2D eigenvalue weighted by Gasteiger charge is 2.13. The van der Waals surface area contributed by atoms with Gasteiger partial charge in [0.2, 0.25) is 0 Å². The minimum atomic E-state index is 0.534. The number of hydrogen-bond acceptors (Lipinski definition) is 3. The van der Waals surface area contributed by atoms with E-state index in [0.717, 1.165) is 44.6 Å². The Morgan fingerprint density at radius 3 is 2.64 bits per heavy atom. The van der Waals surface area contributed by atoms with Crippen LogP contribution in [0.3, 0.4) is 0 Å². The molecule has 0 radical (unpaired) electrons. The lowest BCUT2D eigenvalue weighted by atomic mass is 10.1. The molecule has 2 aromatic heterocycles. The SMILES string of the molecule is COCc1c(C)ncc2[nH]c3ccc(Oc4cccc(C)c4)cc3c12. The number of pyridine rings is 1. The lowest BCUT2D eigenvalue weighted by molar-refractivity contribution is 0.185. The standard InChI is InChI=1S/C21H20N2O2/c1-13-5-4-6-15(9-13)25-16-7-8-19-17(10-16)21-18(12-24-3)14(2)22-11-20(21)23-19/h4-11,23H,12H2,1-3H3. The van der Waals surface area contributed by atoms with Gasteiger partial charge in [-0.2, -0.15) is 0 Å². The number of hydrogen-bond donors (Lipinski definition) is 1. The van der Waals surface area contributed by atoms with Gasteiger partial charge in [-0.25, -0.2) is 0 Å². The van der Waals surface area contributed by atoms with Crippen molar-refractivity contribution in [1.29, 1.82) is 0 Å². The fourth-order valence-electron chi connectivity index (χ4n) is 3.23. The summed E-state index contributed by atoms with van der Waals surface area (Å²) in [6.07, 6.45) is 1.88. The molecule has 126 valence electrons. The third kappa shape index (κ3) is 2.85. The fourth-order valence-corrected chi connectivity index (χ4v) is 3.23. The zero-order valence-electron chi connectivity index (χ0n) is 14.6. The van der Waals surface area contributed by atoms with E-state index in [4.69, 9.17) is 9.47 Å². The van der Waals surface area contributed by atoms with Gasteiger partial charge in [0, 0.05) is 34.7 Å². The minimum absolute atomic E-state index is 0.534. The summed E-state index contributed by atoms with van der Waals surface area (Å²) in [6.45, 7) is 4.61. The number of aromatic nitrogens is 2. The number of H-pyrrole nitrogens is 1. The van der Waals surface area contributed by atoms with E-state index in [1.165, 1.54) is 5.56 Å². The smallest absolute Gasteiger partial charge is 0.128 e. The second-order valence-corrected chi connectivity index (χ2v) is 6.29. The molecule has 0 aliphatic rings. The van der Waals surface area contributed by atoms with Crippen molar-refractivity contribution in [2.24, 2.45) is 0 Å². The number of rotatable bonds is 4. The molecule has 4 rings (SSSR count). The molecule has 0 bridgehead atoms. The van der Waals surface area contributed by atoms with Gasteiger partial charge in [-0.1, -0.05) is 12.1 Å². The number of fused-ring (bicyclic) bond motifs is 3. The summed E-state index contributed by atoms with van der Waals surface area (Å²) in [6, 6.07) is 14.2. The summed E-state index contributed by atoms with van der Waals surface area (Å²) in [4.78, 5) is 7.91. The summed E-state index contributed by atoms with van der Waals surface area (Å²) >= 11 is 0. The average molecular weight is 332 g/mol. The number of nitrogens with zero attached hydrogens (tertiary/aromatic N) is 1. The van der Waals surface area contributed by atoms with E-state index in [-0.39, 0.29) is 0 Å². The van der Waals surface area contributed by atoms with Gasteiger partial charge in [0.05, 0.1) is 18.3 Å². The van der Waals surface area contributed by atoms with Crippen LogP contribution in [0.15, 0.2) is 48.7 Å². The van der Waals surface area contributed by atoms with Crippen LogP contribution in [0.4, 0.5) is 0 Å². The van der Waals surface area contributed by atoms with E-state index < -0.39 is 0 Å². The van der Waals surface area contributed by atoms with Crippen LogP contribution >= 0.6 is 0 Å². The van der Waals surface area contributed by atoms with E-state index in [1.807, 2.05) is 43.5 Å². The summed E-state index contributed by atoms with van der Waals surface area (Å²) in [7, 11) is 1.71. The number of nitrogens with one attached hydrogen (secondary N) is 1. The first-order valence-electron chi connectivity index (χ1n) is 8.29. The number of benzene rings is 2. The van der Waals surface area contributed by atoms with Gasteiger partial charge in [0.15, 0.2) is 0 Å². The van der Waals surface area contributed by atoms with Gasteiger partial charge in [-0.3, -0.25) is 4.98 Å². The third-order valence-electron chi connectivity index (χ3n) is 4.44. The third-order valence-corrected chi connectivity index (χ3v) is 4.44. The normalized spacial score (nSPS) is 11.3. The maximum Gasteiger partial charge on any atom is 0.128 e. The molecule has 4 nitrogen and oxygen atoms in total. The Labute approximate surface area is 146 Å².